The summed E-state index contributed by atoms with van der Waals surface area (Å²) in [7, 11) is 0. The highest BCUT2D eigenvalue weighted by molar-refractivity contribution is 5.75. The highest BCUT2D eigenvalue weighted by Gasteiger charge is 2.01. The van der Waals surface area contributed by atoms with Crippen LogP contribution < -0.4 is 5.32 Å². The normalized spacial score (nSPS) is 9.93. The van der Waals surface area contributed by atoms with Gasteiger partial charge in [0.25, 0.3) is 0 Å². The summed E-state index contributed by atoms with van der Waals surface area (Å²) in [5, 5.41) is 18.8. The first-order chi connectivity index (χ1) is 7.33. The van der Waals surface area contributed by atoms with Crippen molar-refractivity contribution >= 4 is 5.91 Å². The molecule has 0 aromatic carbocycles. The number of rotatable bonds is 6. The molecule has 1 aromatic rings. The minimum Gasteiger partial charge on any atom is -0.396 e. The van der Waals surface area contributed by atoms with Crippen LogP contribution in [0.15, 0.2) is 18.3 Å². The van der Waals surface area contributed by atoms with Gasteiger partial charge >= 0.3 is 0 Å². The van der Waals surface area contributed by atoms with Gasteiger partial charge in [0.05, 0.1) is 12.2 Å². The maximum atomic E-state index is 11.3. The molecule has 0 spiro atoms. The Hall–Kier alpha value is -1.49. The molecule has 0 atom stereocenters. The van der Waals surface area contributed by atoms with Crippen LogP contribution in [0.25, 0.3) is 0 Å². The number of hydrogen-bond acceptors (Lipinski definition) is 4. The second kappa shape index (κ2) is 6.89. The van der Waals surface area contributed by atoms with E-state index in [2.05, 4.69) is 15.5 Å². The molecule has 5 nitrogen and oxygen atoms in total. The number of carbonyl (C=O) groups excluding carboxylic acids is 1. The lowest BCUT2D eigenvalue weighted by Crippen LogP contribution is -2.23. The van der Waals surface area contributed by atoms with E-state index in [9.17, 15) is 4.79 Å². The Morgan fingerprint density at radius 2 is 2.33 bits per heavy atom. The van der Waals surface area contributed by atoms with E-state index in [0.29, 0.717) is 25.8 Å². The summed E-state index contributed by atoms with van der Waals surface area (Å²) in [4.78, 5) is 11.3. The molecular weight excluding hydrogens is 194 g/mol. The van der Waals surface area contributed by atoms with Gasteiger partial charge in [-0.15, -0.1) is 0 Å². The summed E-state index contributed by atoms with van der Waals surface area (Å²) in [6.45, 7) is 0.545. The van der Waals surface area contributed by atoms with Crippen LogP contribution >= 0.6 is 0 Å². The van der Waals surface area contributed by atoms with Crippen LogP contribution in [0.4, 0.5) is 0 Å². The molecule has 0 aliphatic carbocycles. The molecule has 0 aliphatic heterocycles. The fourth-order valence-corrected chi connectivity index (χ4v) is 1.10. The van der Waals surface area contributed by atoms with Crippen molar-refractivity contribution in [2.75, 3.05) is 6.61 Å². The number of nitrogens with zero attached hydrogens (tertiary/aromatic N) is 2. The minimum absolute atomic E-state index is 0.0193. The van der Waals surface area contributed by atoms with Crippen molar-refractivity contribution in [1.29, 1.82) is 0 Å². The van der Waals surface area contributed by atoms with E-state index in [1.807, 2.05) is 0 Å². The van der Waals surface area contributed by atoms with Gasteiger partial charge in [-0.2, -0.15) is 10.2 Å². The summed E-state index contributed by atoms with van der Waals surface area (Å²) in [6, 6.07) is 3.58. The van der Waals surface area contributed by atoms with E-state index >= 15 is 0 Å². The minimum atomic E-state index is -0.0193. The SMILES string of the molecule is O=C(CCCCO)NCc1cccnn1. The third kappa shape index (κ3) is 5.07. The molecule has 0 fully saturated rings. The molecule has 1 amide bonds. The lowest BCUT2D eigenvalue weighted by Gasteiger charge is -2.03. The van der Waals surface area contributed by atoms with Crippen molar-refractivity contribution in [2.24, 2.45) is 0 Å². The smallest absolute Gasteiger partial charge is 0.220 e. The van der Waals surface area contributed by atoms with Crippen molar-refractivity contribution in [3.63, 3.8) is 0 Å². The van der Waals surface area contributed by atoms with Gasteiger partial charge in [-0.05, 0) is 25.0 Å². The zero-order valence-corrected chi connectivity index (χ0v) is 8.52. The monoisotopic (exact) mass is 209 g/mol. The number of nitrogens with one attached hydrogen (secondary N) is 1. The van der Waals surface area contributed by atoms with Crippen LogP contribution in [0.1, 0.15) is 25.0 Å². The molecule has 0 radical (unpaired) electrons. The molecule has 0 saturated heterocycles. The van der Waals surface area contributed by atoms with E-state index in [1.165, 1.54) is 0 Å². The van der Waals surface area contributed by atoms with Gasteiger partial charge in [0, 0.05) is 19.2 Å². The molecule has 2 N–H and O–H groups in total. The van der Waals surface area contributed by atoms with Crippen molar-refractivity contribution < 1.29 is 9.90 Å². The average molecular weight is 209 g/mol. The van der Waals surface area contributed by atoms with Crippen LogP contribution in [0.5, 0.6) is 0 Å². The summed E-state index contributed by atoms with van der Waals surface area (Å²) in [6.07, 6.45) is 3.41. The highest BCUT2D eigenvalue weighted by Crippen LogP contribution is 1.95. The van der Waals surface area contributed by atoms with Crippen LogP contribution in [0, 0.1) is 0 Å². The van der Waals surface area contributed by atoms with E-state index in [0.717, 1.165) is 5.69 Å². The molecule has 0 aliphatic rings. The van der Waals surface area contributed by atoms with Gasteiger partial charge in [0.1, 0.15) is 0 Å². The maximum Gasteiger partial charge on any atom is 0.220 e. The summed E-state index contributed by atoms with van der Waals surface area (Å²) < 4.78 is 0. The van der Waals surface area contributed by atoms with Crippen LogP contribution in [0.2, 0.25) is 0 Å². The Bertz CT molecular complexity index is 290. The van der Waals surface area contributed by atoms with Crippen LogP contribution in [-0.4, -0.2) is 27.8 Å². The van der Waals surface area contributed by atoms with Gasteiger partial charge in [-0.3, -0.25) is 4.79 Å². The molecule has 1 aromatic heterocycles. The largest absolute Gasteiger partial charge is 0.396 e. The van der Waals surface area contributed by atoms with E-state index in [1.54, 1.807) is 18.3 Å². The number of carbonyl (C=O) groups is 1. The quantitative estimate of drug-likeness (QED) is 0.659. The van der Waals surface area contributed by atoms with Crippen molar-refractivity contribution in [1.82, 2.24) is 15.5 Å². The van der Waals surface area contributed by atoms with Gasteiger partial charge in [-0.25, -0.2) is 0 Å². The number of amides is 1. The molecule has 5 heteroatoms. The Kier molecular flexibility index (Phi) is 5.32. The third-order valence-corrected chi connectivity index (χ3v) is 1.91. The number of aromatic nitrogens is 2. The van der Waals surface area contributed by atoms with Gasteiger partial charge in [-0.1, -0.05) is 0 Å². The Morgan fingerprint density at radius 3 is 3.00 bits per heavy atom. The number of aliphatic hydroxyl groups is 1. The third-order valence-electron chi connectivity index (χ3n) is 1.91. The van der Waals surface area contributed by atoms with Crippen LogP contribution in [0.3, 0.4) is 0 Å². The number of hydrogen-bond donors (Lipinski definition) is 2. The Balaban J connectivity index is 2.17. The molecule has 1 rings (SSSR count). The fourth-order valence-electron chi connectivity index (χ4n) is 1.10. The summed E-state index contributed by atoms with van der Waals surface area (Å²) in [5.74, 6) is -0.0193. The maximum absolute atomic E-state index is 11.3. The molecule has 0 unspecified atom stereocenters. The first-order valence-electron chi connectivity index (χ1n) is 4.97. The fraction of sp³-hybridized carbons (Fsp3) is 0.500. The zero-order chi connectivity index (χ0) is 10.9. The lowest BCUT2D eigenvalue weighted by atomic mass is 10.2. The lowest BCUT2D eigenvalue weighted by molar-refractivity contribution is -0.121. The van der Waals surface area contributed by atoms with Crippen molar-refractivity contribution in [2.45, 2.75) is 25.8 Å². The molecule has 0 bridgehead atoms. The molecule has 82 valence electrons. The second-order valence-electron chi connectivity index (χ2n) is 3.17. The first-order valence-corrected chi connectivity index (χ1v) is 4.97. The van der Waals surface area contributed by atoms with E-state index in [4.69, 9.17) is 5.11 Å². The molecule has 0 saturated carbocycles. The summed E-state index contributed by atoms with van der Waals surface area (Å²) >= 11 is 0. The number of aliphatic hydroxyl groups excluding tert-OH is 1. The molecular formula is C10H15N3O2. The van der Waals surface area contributed by atoms with Crippen molar-refractivity contribution in [3.05, 3.63) is 24.0 Å². The number of unbranched alkanes of at least 4 members (excludes halogenated alkanes) is 1. The van der Waals surface area contributed by atoms with E-state index < -0.39 is 0 Å². The predicted molar refractivity (Wildman–Crippen MR) is 54.8 cm³/mol. The van der Waals surface area contributed by atoms with Gasteiger partial charge < -0.3 is 10.4 Å². The van der Waals surface area contributed by atoms with Gasteiger partial charge in [0.15, 0.2) is 0 Å². The molecule has 1 heterocycles. The van der Waals surface area contributed by atoms with Gasteiger partial charge in [0.2, 0.25) is 5.91 Å². The van der Waals surface area contributed by atoms with Crippen molar-refractivity contribution in [3.8, 4) is 0 Å². The second-order valence-corrected chi connectivity index (χ2v) is 3.17. The van der Waals surface area contributed by atoms with E-state index in [-0.39, 0.29) is 12.5 Å². The summed E-state index contributed by atoms with van der Waals surface area (Å²) in [5.41, 5.74) is 0.744. The van der Waals surface area contributed by atoms with Crippen LogP contribution in [-0.2, 0) is 11.3 Å². The Labute approximate surface area is 88.5 Å². The predicted octanol–water partition coefficient (Wildman–Crippen LogP) is 0.255. The Morgan fingerprint density at radius 1 is 1.47 bits per heavy atom. The topological polar surface area (TPSA) is 75.1 Å². The molecule has 15 heavy (non-hydrogen) atoms. The average Bonchev–Trinajstić information content (AvgIpc) is 2.28. The first kappa shape index (κ1) is 11.6. The standard InChI is InChI=1S/C10H15N3O2/c14-7-2-1-5-10(15)11-8-9-4-3-6-12-13-9/h3-4,6,14H,1-2,5,7-8H2,(H,11,15). The highest BCUT2D eigenvalue weighted by atomic mass is 16.2. The zero-order valence-electron chi connectivity index (χ0n) is 8.52.